The fourth-order valence-electron chi connectivity index (χ4n) is 4.08. The molecule has 0 radical (unpaired) electrons. The highest BCUT2D eigenvalue weighted by Gasteiger charge is 2.17. The molecule has 2 amide bonds. The third-order valence-electron chi connectivity index (χ3n) is 5.99. The molecule has 0 saturated heterocycles. The Bertz CT molecular complexity index is 1160. The van der Waals surface area contributed by atoms with E-state index in [1.807, 2.05) is 0 Å². The number of ether oxygens (including phenoxy) is 2. The highest BCUT2D eigenvalue weighted by molar-refractivity contribution is 6.39. The zero-order valence-electron chi connectivity index (χ0n) is 19.5. The molecule has 1 aliphatic heterocycles. The quantitative estimate of drug-likeness (QED) is 0.528. The lowest BCUT2D eigenvalue weighted by Crippen LogP contribution is -2.36. The predicted molar refractivity (Wildman–Crippen MR) is 133 cm³/mol. The van der Waals surface area contributed by atoms with Crippen LogP contribution in [0.5, 0.6) is 11.5 Å². The van der Waals surface area contributed by atoms with Crippen LogP contribution in [0.1, 0.15) is 16.7 Å². The van der Waals surface area contributed by atoms with Crippen molar-refractivity contribution in [3.8, 4) is 11.5 Å². The van der Waals surface area contributed by atoms with Gasteiger partial charge in [-0.2, -0.15) is 0 Å². The molecule has 2 N–H and O–H groups in total. The van der Waals surface area contributed by atoms with Gasteiger partial charge in [0.1, 0.15) is 11.5 Å². The Balaban J connectivity index is 1.27. The Kier molecular flexibility index (Phi) is 7.32. The lowest BCUT2D eigenvalue weighted by atomic mass is 9.99. The maximum absolute atomic E-state index is 12.3. The van der Waals surface area contributed by atoms with E-state index in [0.717, 1.165) is 25.1 Å². The predicted octanol–water partition coefficient (Wildman–Crippen LogP) is 3.56. The van der Waals surface area contributed by atoms with Gasteiger partial charge in [-0.1, -0.05) is 36.4 Å². The molecular formula is C27H29N3O4. The molecule has 0 atom stereocenters. The summed E-state index contributed by atoms with van der Waals surface area (Å²) in [5, 5.41) is 5.25. The van der Waals surface area contributed by atoms with E-state index in [1.54, 1.807) is 18.2 Å². The van der Waals surface area contributed by atoms with Gasteiger partial charge in [0.05, 0.1) is 19.9 Å². The van der Waals surface area contributed by atoms with E-state index < -0.39 is 11.8 Å². The van der Waals surface area contributed by atoms with Gasteiger partial charge >= 0.3 is 11.8 Å². The van der Waals surface area contributed by atoms with Crippen molar-refractivity contribution in [1.82, 2.24) is 5.32 Å². The number of hydrogen-bond donors (Lipinski definition) is 2. The number of anilines is 2. The minimum atomic E-state index is -0.757. The van der Waals surface area contributed by atoms with E-state index in [0.29, 0.717) is 30.2 Å². The molecule has 176 valence electrons. The van der Waals surface area contributed by atoms with E-state index in [2.05, 4.69) is 64.1 Å². The van der Waals surface area contributed by atoms with Crippen LogP contribution in [-0.2, 0) is 29.0 Å². The van der Waals surface area contributed by atoms with Crippen LogP contribution in [0, 0.1) is 0 Å². The maximum atomic E-state index is 12.3. The number of rotatable bonds is 7. The van der Waals surface area contributed by atoms with Crippen molar-refractivity contribution in [3.05, 3.63) is 83.4 Å². The summed E-state index contributed by atoms with van der Waals surface area (Å²) in [6.07, 6.45) is 1.68. The zero-order chi connectivity index (χ0) is 23.9. The fourth-order valence-corrected chi connectivity index (χ4v) is 4.08. The molecule has 3 aromatic carbocycles. The molecule has 1 heterocycles. The van der Waals surface area contributed by atoms with E-state index in [1.165, 1.54) is 31.0 Å². The summed E-state index contributed by atoms with van der Waals surface area (Å²) in [6, 6.07) is 22.0. The molecule has 0 fully saturated rings. The topological polar surface area (TPSA) is 79.9 Å². The third-order valence-corrected chi connectivity index (χ3v) is 5.99. The number of hydrogen-bond acceptors (Lipinski definition) is 5. The summed E-state index contributed by atoms with van der Waals surface area (Å²) in [4.78, 5) is 26.9. The van der Waals surface area contributed by atoms with Gasteiger partial charge in [-0.05, 0) is 53.8 Å². The van der Waals surface area contributed by atoms with Gasteiger partial charge in [0.15, 0.2) is 0 Å². The van der Waals surface area contributed by atoms with Crippen molar-refractivity contribution < 1.29 is 19.1 Å². The SMILES string of the molecule is COc1ccc(OC)c(NC(=O)C(=O)NCCc2ccc(N3CCc4ccccc4C3)cc2)c1. The normalized spacial score (nSPS) is 12.5. The molecule has 7 heteroatoms. The lowest BCUT2D eigenvalue weighted by Gasteiger charge is -2.30. The van der Waals surface area contributed by atoms with E-state index in [4.69, 9.17) is 9.47 Å². The number of benzene rings is 3. The molecule has 34 heavy (non-hydrogen) atoms. The minimum absolute atomic E-state index is 0.359. The van der Waals surface area contributed by atoms with Crippen LogP contribution in [0.2, 0.25) is 0 Å². The molecule has 0 aliphatic carbocycles. The van der Waals surface area contributed by atoms with Gasteiger partial charge in [0.2, 0.25) is 0 Å². The summed E-state index contributed by atoms with van der Waals surface area (Å²) in [6.45, 7) is 2.27. The van der Waals surface area contributed by atoms with Gasteiger partial charge in [-0.3, -0.25) is 9.59 Å². The summed E-state index contributed by atoms with van der Waals surface area (Å²) in [7, 11) is 3.02. The number of carbonyl (C=O) groups is 2. The summed E-state index contributed by atoms with van der Waals surface area (Å²) in [5.41, 5.74) is 5.47. The van der Waals surface area contributed by atoms with E-state index in [9.17, 15) is 9.59 Å². The van der Waals surface area contributed by atoms with Crippen LogP contribution < -0.4 is 25.0 Å². The van der Waals surface area contributed by atoms with Crippen LogP contribution in [0.3, 0.4) is 0 Å². The Hall–Kier alpha value is -4.00. The second-order valence-corrected chi connectivity index (χ2v) is 8.13. The first-order valence-corrected chi connectivity index (χ1v) is 11.3. The van der Waals surface area contributed by atoms with Gasteiger partial charge in [-0.15, -0.1) is 0 Å². The van der Waals surface area contributed by atoms with E-state index in [-0.39, 0.29) is 0 Å². The molecule has 0 spiro atoms. The van der Waals surface area contributed by atoms with Gasteiger partial charge in [0, 0.05) is 31.4 Å². The highest BCUT2D eigenvalue weighted by atomic mass is 16.5. The molecule has 3 aromatic rings. The van der Waals surface area contributed by atoms with Crippen LogP contribution in [0.15, 0.2) is 66.7 Å². The fraction of sp³-hybridized carbons (Fsp3) is 0.259. The lowest BCUT2D eigenvalue weighted by molar-refractivity contribution is -0.136. The number of amides is 2. The second kappa shape index (κ2) is 10.7. The summed E-state index contributed by atoms with van der Waals surface area (Å²) >= 11 is 0. The first kappa shape index (κ1) is 23.2. The zero-order valence-corrected chi connectivity index (χ0v) is 19.5. The molecule has 0 saturated carbocycles. The number of methoxy groups -OCH3 is 2. The number of carbonyl (C=O) groups excluding carboxylic acids is 2. The van der Waals surface area contributed by atoms with Crippen LogP contribution >= 0.6 is 0 Å². The second-order valence-electron chi connectivity index (χ2n) is 8.13. The molecular weight excluding hydrogens is 430 g/mol. The standard InChI is InChI=1S/C27H29N3O4/c1-33-23-11-12-25(34-2)24(17-23)29-27(32)26(31)28-15-13-19-7-9-22(10-8-19)30-16-14-20-5-3-4-6-21(20)18-30/h3-12,17H,13-16,18H2,1-2H3,(H,28,31)(H,29,32). The average molecular weight is 460 g/mol. The largest absolute Gasteiger partial charge is 0.497 e. The first-order valence-electron chi connectivity index (χ1n) is 11.3. The summed E-state index contributed by atoms with van der Waals surface area (Å²) < 4.78 is 10.4. The van der Waals surface area contributed by atoms with Crippen molar-refractivity contribution in [2.75, 3.05) is 37.5 Å². The van der Waals surface area contributed by atoms with Crippen molar-refractivity contribution in [1.29, 1.82) is 0 Å². The molecule has 1 aliphatic rings. The molecule has 0 aromatic heterocycles. The van der Waals surface area contributed by atoms with E-state index >= 15 is 0 Å². The number of fused-ring (bicyclic) bond motifs is 1. The van der Waals surface area contributed by atoms with Gasteiger partial charge in [0.25, 0.3) is 0 Å². The first-order chi connectivity index (χ1) is 16.6. The Labute approximate surface area is 199 Å². The van der Waals surface area contributed by atoms with Gasteiger partial charge < -0.3 is 25.0 Å². The number of nitrogens with zero attached hydrogens (tertiary/aromatic N) is 1. The minimum Gasteiger partial charge on any atom is -0.497 e. The van der Waals surface area contributed by atoms with Gasteiger partial charge in [-0.25, -0.2) is 0 Å². The van der Waals surface area contributed by atoms with Crippen molar-refractivity contribution in [2.24, 2.45) is 0 Å². The molecule has 7 nitrogen and oxygen atoms in total. The highest BCUT2D eigenvalue weighted by Crippen LogP contribution is 2.29. The number of nitrogens with one attached hydrogen (secondary N) is 2. The van der Waals surface area contributed by atoms with Crippen LogP contribution in [-0.4, -0.2) is 39.1 Å². The van der Waals surface area contributed by atoms with Crippen molar-refractivity contribution in [3.63, 3.8) is 0 Å². The molecule has 0 bridgehead atoms. The van der Waals surface area contributed by atoms with Crippen molar-refractivity contribution >= 4 is 23.2 Å². The Morgan fingerprint density at radius 1 is 0.912 bits per heavy atom. The smallest absolute Gasteiger partial charge is 0.313 e. The average Bonchev–Trinajstić information content (AvgIpc) is 2.88. The maximum Gasteiger partial charge on any atom is 0.313 e. The van der Waals surface area contributed by atoms with Crippen LogP contribution in [0.4, 0.5) is 11.4 Å². The summed E-state index contributed by atoms with van der Waals surface area (Å²) in [5.74, 6) is -0.464. The van der Waals surface area contributed by atoms with Crippen LogP contribution in [0.25, 0.3) is 0 Å². The van der Waals surface area contributed by atoms with Crippen molar-refractivity contribution in [2.45, 2.75) is 19.4 Å². The molecule has 0 unspecified atom stereocenters. The Morgan fingerprint density at radius 2 is 1.68 bits per heavy atom. The molecule has 4 rings (SSSR count). The monoisotopic (exact) mass is 459 g/mol. The Morgan fingerprint density at radius 3 is 2.41 bits per heavy atom. The third kappa shape index (κ3) is 5.49.